The van der Waals surface area contributed by atoms with E-state index in [0.717, 1.165) is 39.8 Å². The molecule has 0 spiro atoms. The number of nitrogens with one attached hydrogen (secondary N) is 2. The van der Waals surface area contributed by atoms with Crippen LogP contribution in [0.2, 0.25) is 0 Å². The third-order valence-corrected chi connectivity index (χ3v) is 3.42. The van der Waals surface area contributed by atoms with Crippen LogP contribution in [0, 0.1) is 0 Å². The molecular weight excluding hydrogens is 348 g/mol. The SMILES string of the molecule is Brc1cnc(CNCCc2cnc[nH]2)c(Br)c1. The Balaban J connectivity index is 1.78. The van der Waals surface area contributed by atoms with Crippen LogP contribution in [0.3, 0.4) is 0 Å². The van der Waals surface area contributed by atoms with Gasteiger partial charge in [-0.15, -0.1) is 0 Å². The lowest BCUT2D eigenvalue weighted by Crippen LogP contribution is -2.17. The van der Waals surface area contributed by atoms with Crippen molar-refractivity contribution in [2.75, 3.05) is 6.54 Å². The van der Waals surface area contributed by atoms with Crippen molar-refractivity contribution in [3.63, 3.8) is 0 Å². The van der Waals surface area contributed by atoms with Gasteiger partial charge in [-0.3, -0.25) is 4.98 Å². The number of hydrogen-bond acceptors (Lipinski definition) is 3. The van der Waals surface area contributed by atoms with Crippen molar-refractivity contribution >= 4 is 31.9 Å². The van der Waals surface area contributed by atoms with Gasteiger partial charge >= 0.3 is 0 Å². The van der Waals surface area contributed by atoms with Crippen LogP contribution >= 0.6 is 31.9 Å². The molecule has 0 aliphatic rings. The highest BCUT2D eigenvalue weighted by atomic mass is 79.9. The van der Waals surface area contributed by atoms with Gasteiger partial charge in [-0.25, -0.2) is 4.98 Å². The van der Waals surface area contributed by atoms with E-state index in [1.165, 1.54) is 0 Å². The Bertz CT molecular complexity index is 470. The molecule has 2 heterocycles. The molecule has 2 aromatic heterocycles. The molecule has 0 fully saturated rings. The third-order valence-electron chi connectivity index (χ3n) is 2.30. The summed E-state index contributed by atoms with van der Waals surface area (Å²) < 4.78 is 1.99. The number of aromatic nitrogens is 3. The average Bonchev–Trinajstić information content (AvgIpc) is 2.79. The van der Waals surface area contributed by atoms with Crippen LogP contribution in [0.15, 0.2) is 33.7 Å². The van der Waals surface area contributed by atoms with Crippen molar-refractivity contribution < 1.29 is 0 Å². The molecule has 2 rings (SSSR count). The topological polar surface area (TPSA) is 53.6 Å². The lowest BCUT2D eigenvalue weighted by atomic mass is 10.3. The summed E-state index contributed by atoms with van der Waals surface area (Å²) in [5.74, 6) is 0. The minimum absolute atomic E-state index is 0.752. The molecule has 0 aliphatic heterocycles. The number of imidazole rings is 1. The first-order valence-corrected chi connectivity index (χ1v) is 6.82. The first-order chi connectivity index (χ1) is 8.25. The molecule has 0 bridgehead atoms. The van der Waals surface area contributed by atoms with Crippen molar-refractivity contribution in [2.45, 2.75) is 13.0 Å². The molecule has 6 heteroatoms. The van der Waals surface area contributed by atoms with Gasteiger partial charge in [0.05, 0.1) is 12.0 Å². The van der Waals surface area contributed by atoms with E-state index < -0.39 is 0 Å². The second-order valence-corrected chi connectivity index (χ2v) is 5.36. The first kappa shape index (κ1) is 12.7. The highest BCUT2D eigenvalue weighted by Gasteiger charge is 2.01. The molecular formula is C11H12Br2N4. The van der Waals surface area contributed by atoms with Gasteiger partial charge in [0, 0.05) is 46.5 Å². The number of halogens is 2. The van der Waals surface area contributed by atoms with Crippen LogP contribution < -0.4 is 5.32 Å². The van der Waals surface area contributed by atoms with E-state index in [1.807, 2.05) is 12.3 Å². The Morgan fingerprint density at radius 3 is 2.88 bits per heavy atom. The third kappa shape index (κ3) is 3.90. The molecule has 0 atom stereocenters. The smallest absolute Gasteiger partial charge is 0.0921 e. The summed E-state index contributed by atoms with van der Waals surface area (Å²) in [6.07, 6.45) is 6.28. The quantitative estimate of drug-likeness (QED) is 0.807. The molecule has 0 saturated heterocycles. The monoisotopic (exact) mass is 358 g/mol. The molecule has 0 radical (unpaired) electrons. The Morgan fingerprint density at radius 2 is 2.18 bits per heavy atom. The second kappa shape index (κ2) is 6.28. The van der Waals surface area contributed by atoms with Crippen molar-refractivity contribution in [1.29, 1.82) is 0 Å². The zero-order chi connectivity index (χ0) is 12.1. The molecule has 4 nitrogen and oxygen atoms in total. The highest BCUT2D eigenvalue weighted by molar-refractivity contribution is 9.11. The summed E-state index contributed by atoms with van der Waals surface area (Å²) in [5.41, 5.74) is 2.15. The number of H-pyrrole nitrogens is 1. The van der Waals surface area contributed by atoms with Gasteiger partial charge in [0.25, 0.3) is 0 Å². The summed E-state index contributed by atoms with van der Waals surface area (Å²) >= 11 is 6.87. The summed E-state index contributed by atoms with van der Waals surface area (Å²) in [6.45, 7) is 1.65. The minimum Gasteiger partial charge on any atom is -0.348 e. The van der Waals surface area contributed by atoms with Gasteiger partial charge in [0.2, 0.25) is 0 Å². The van der Waals surface area contributed by atoms with Gasteiger partial charge in [0.15, 0.2) is 0 Å². The lowest BCUT2D eigenvalue weighted by molar-refractivity contribution is 0.667. The fourth-order valence-corrected chi connectivity index (χ4v) is 2.55. The van der Waals surface area contributed by atoms with Gasteiger partial charge in [-0.2, -0.15) is 0 Å². The zero-order valence-electron chi connectivity index (χ0n) is 9.08. The van der Waals surface area contributed by atoms with Crippen LogP contribution in [0.1, 0.15) is 11.4 Å². The Labute approximate surface area is 117 Å². The molecule has 0 aliphatic carbocycles. The van der Waals surface area contributed by atoms with Gasteiger partial charge in [-0.05, 0) is 37.9 Å². The van der Waals surface area contributed by atoms with E-state index in [0.29, 0.717) is 0 Å². The largest absolute Gasteiger partial charge is 0.348 e. The Kier molecular flexibility index (Phi) is 4.70. The standard InChI is InChI=1S/C11H12Br2N4/c12-8-3-10(13)11(16-4-8)6-14-2-1-9-5-15-7-17-9/h3-5,7,14H,1-2,6H2,(H,15,17). The van der Waals surface area contributed by atoms with Crippen LogP contribution in [-0.4, -0.2) is 21.5 Å². The van der Waals surface area contributed by atoms with E-state index in [1.54, 1.807) is 12.5 Å². The summed E-state index contributed by atoms with van der Waals surface area (Å²) in [5, 5.41) is 3.34. The molecule has 0 saturated carbocycles. The van der Waals surface area contributed by atoms with E-state index >= 15 is 0 Å². The Morgan fingerprint density at radius 1 is 1.29 bits per heavy atom. The predicted octanol–water partition coefficient (Wildman–Crippen LogP) is 2.66. The maximum atomic E-state index is 4.34. The number of aromatic amines is 1. The molecule has 90 valence electrons. The van der Waals surface area contributed by atoms with Crippen LogP contribution in [0.4, 0.5) is 0 Å². The molecule has 17 heavy (non-hydrogen) atoms. The normalized spacial score (nSPS) is 10.7. The van der Waals surface area contributed by atoms with Crippen molar-refractivity contribution in [1.82, 2.24) is 20.3 Å². The summed E-state index contributed by atoms with van der Waals surface area (Å²) in [4.78, 5) is 11.4. The lowest BCUT2D eigenvalue weighted by Gasteiger charge is -2.05. The second-order valence-electron chi connectivity index (χ2n) is 3.59. The maximum absolute atomic E-state index is 4.34. The van der Waals surface area contributed by atoms with Crippen LogP contribution in [-0.2, 0) is 13.0 Å². The molecule has 0 amide bonds. The van der Waals surface area contributed by atoms with Crippen LogP contribution in [0.25, 0.3) is 0 Å². The van der Waals surface area contributed by atoms with E-state index in [9.17, 15) is 0 Å². The molecule has 2 N–H and O–H groups in total. The minimum atomic E-state index is 0.752. The molecule has 0 unspecified atom stereocenters. The van der Waals surface area contributed by atoms with E-state index in [2.05, 4.69) is 52.1 Å². The van der Waals surface area contributed by atoms with Gasteiger partial charge < -0.3 is 10.3 Å². The van der Waals surface area contributed by atoms with Crippen molar-refractivity contribution in [3.8, 4) is 0 Å². The van der Waals surface area contributed by atoms with Crippen LogP contribution in [0.5, 0.6) is 0 Å². The first-order valence-electron chi connectivity index (χ1n) is 5.23. The fraction of sp³-hybridized carbons (Fsp3) is 0.273. The number of hydrogen-bond donors (Lipinski definition) is 2. The predicted molar refractivity (Wildman–Crippen MR) is 73.6 cm³/mol. The maximum Gasteiger partial charge on any atom is 0.0921 e. The van der Waals surface area contributed by atoms with E-state index in [-0.39, 0.29) is 0 Å². The summed E-state index contributed by atoms with van der Waals surface area (Å²) in [6, 6.07) is 2.00. The molecule has 2 aromatic rings. The number of nitrogens with zero attached hydrogens (tertiary/aromatic N) is 2. The van der Waals surface area contributed by atoms with Crippen molar-refractivity contribution in [3.05, 3.63) is 45.1 Å². The molecule has 0 aromatic carbocycles. The van der Waals surface area contributed by atoms with E-state index in [4.69, 9.17) is 0 Å². The average molecular weight is 360 g/mol. The summed E-state index contributed by atoms with van der Waals surface area (Å²) in [7, 11) is 0. The van der Waals surface area contributed by atoms with Gasteiger partial charge in [0.1, 0.15) is 0 Å². The number of pyridine rings is 1. The van der Waals surface area contributed by atoms with Gasteiger partial charge in [-0.1, -0.05) is 0 Å². The highest BCUT2D eigenvalue weighted by Crippen LogP contribution is 2.19. The Hall–Kier alpha value is -0.720. The fourth-order valence-electron chi connectivity index (χ4n) is 1.42. The zero-order valence-corrected chi connectivity index (χ0v) is 12.3. The van der Waals surface area contributed by atoms with Crippen molar-refractivity contribution in [2.24, 2.45) is 0 Å². The number of rotatable bonds is 5.